The Bertz CT molecular complexity index is 576. The minimum absolute atomic E-state index is 0.109. The van der Waals surface area contributed by atoms with Gasteiger partial charge in [-0.05, 0) is 6.26 Å². The summed E-state index contributed by atoms with van der Waals surface area (Å²) in [7, 11) is 0. The molecule has 0 bridgehead atoms. The molecular weight excluding hydrogens is 264 g/mol. The third-order valence-electron chi connectivity index (χ3n) is 3.55. The normalized spacial score (nSPS) is 31.1. The van der Waals surface area contributed by atoms with Crippen LogP contribution in [0, 0.1) is 0 Å². The second-order valence-corrected chi connectivity index (χ2v) is 5.63. The second kappa shape index (κ2) is 5.09. The lowest BCUT2D eigenvalue weighted by atomic mass is 10.0. The monoisotopic (exact) mass is 280 g/mol. The van der Waals surface area contributed by atoms with Gasteiger partial charge in [0.25, 0.3) is 0 Å². The van der Waals surface area contributed by atoms with Gasteiger partial charge in [-0.25, -0.2) is 9.97 Å². The van der Waals surface area contributed by atoms with Crippen LogP contribution in [-0.4, -0.2) is 55.4 Å². The molecule has 19 heavy (non-hydrogen) atoms. The SMILES string of the molecule is CSCC1NC(c2c[nH]c3cncnc23)C(O)C1O. The Morgan fingerprint density at radius 1 is 1.37 bits per heavy atom. The van der Waals surface area contributed by atoms with Crippen molar-refractivity contribution in [3.63, 3.8) is 0 Å². The standard InChI is InChI=1S/C12H16N4O2S/c1-19-4-8-11(17)12(18)10(16-8)6-2-14-7-3-13-5-15-9(6)7/h2-3,5,8,10-12,14,16-18H,4H2,1H3. The van der Waals surface area contributed by atoms with E-state index in [1.54, 1.807) is 18.0 Å². The van der Waals surface area contributed by atoms with Crippen molar-refractivity contribution in [1.82, 2.24) is 20.3 Å². The molecule has 2 aromatic rings. The summed E-state index contributed by atoms with van der Waals surface area (Å²) in [6.45, 7) is 0. The van der Waals surface area contributed by atoms with E-state index < -0.39 is 12.2 Å². The van der Waals surface area contributed by atoms with E-state index in [2.05, 4.69) is 20.3 Å². The molecule has 1 fully saturated rings. The molecule has 7 heteroatoms. The van der Waals surface area contributed by atoms with E-state index in [0.717, 1.165) is 22.3 Å². The van der Waals surface area contributed by atoms with Crippen molar-refractivity contribution >= 4 is 22.8 Å². The first-order chi connectivity index (χ1) is 9.22. The Morgan fingerprint density at radius 2 is 2.21 bits per heavy atom. The summed E-state index contributed by atoms with van der Waals surface area (Å²) in [5.41, 5.74) is 2.48. The third-order valence-corrected chi connectivity index (χ3v) is 4.24. The molecule has 4 unspecified atom stereocenters. The Kier molecular flexibility index (Phi) is 3.44. The predicted molar refractivity (Wildman–Crippen MR) is 73.9 cm³/mol. The maximum atomic E-state index is 10.2. The van der Waals surface area contributed by atoms with Crippen LogP contribution in [0.5, 0.6) is 0 Å². The first-order valence-electron chi connectivity index (χ1n) is 6.10. The van der Waals surface area contributed by atoms with Gasteiger partial charge in [0.15, 0.2) is 0 Å². The van der Waals surface area contributed by atoms with Crippen molar-refractivity contribution in [1.29, 1.82) is 0 Å². The number of aromatic amines is 1. The number of nitrogens with one attached hydrogen (secondary N) is 2. The lowest BCUT2D eigenvalue weighted by Gasteiger charge is -2.14. The molecule has 0 saturated carbocycles. The molecule has 4 atom stereocenters. The van der Waals surface area contributed by atoms with Crippen LogP contribution in [0.15, 0.2) is 18.7 Å². The van der Waals surface area contributed by atoms with Crippen LogP contribution < -0.4 is 5.32 Å². The zero-order valence-electron chi connectivity index (χ0n) is 10.4. The van der Waals surface area contributed by atoms with Gasteiger partial charge in [-0.1, -0.05) is 0 Å². The van der Waals surface area contributed by atoms with Crippen molar-refractivity contribution in [3.8, 4) is 0 Å². The van der Waals surface area contributed by atoms with Gasteiger partial charge >= 0.3 is 0 Å². The largest absolute Gasteiger partial charge is 0.389 e. The van der Waals surface area contributed by atoms with Crippen molar-refractivity contribution in [2.45, 2.75) is 24.3 Å². The first-order valence-corrected chi connectivity index (χ1v) is 7.50. The smallest absolute Gasteiger partial charge is 0.116 e. The summed E-state index contributed by atoms with van der Waals surface area (Å²) in [6.07, 6.45) is 5.39. The highest BCUT2D eigenvalue weighted by Crippen LogP contribution is 2.31. The van der Waals surface area contributed by atoms with Crippen LogP contribution in [-0.2, 0) is 0 Å². The molecule has 4 N–H and O–H groups in total. The van der Waals surface area contributed by atoms with Crippen LogP contribution in [0.25, 0.3) is 11.0 Å². The van der Waals surface area contributed by atoms with Crippen LogP contribution in [0.2, 0.25) is 0 Å². The van der Waals surface area contributed by atoms with Gasteiger partial charge in [-0.15, -0.1) is 0 Å². The topological polar surface area (TPSA) is 94.1 Å². The average Bonchev–Trinajstić information content (AvgIpc) is 2.96. The zero-order valence-corrected chi connectivity index (χ0v) is 11.3. The summed E-state index contributed by atoms with van der Waals surface area (Å²) >= 11 is 1.64. The van der Waals surface area contributed by atoms with Crippen LogP contribution >= 0.6 is 11.8 Å². The summed E-state index contributed by atoms with van der Waals surface area (Å²) in [5, 5.41) is 23.6. The summed E-state index contributed by atoms with van der Waals surface area (Å²) in [5.74, 6) is 0.756. The molecule has 1 aliphatic rings. The fraction of sp³-hybridized carbons (Fsp3) is 0.500. The minimum atomic E-state index is -0.828. The number of aromatic nitrogens is 3. The van der Waals surface area contributed by atoms with Crippen LogP contribution in [0.1, 0.15) is 11.6 Å². The molecule has 1 aliphatic heterocycles. The molecule has 0 amide bonds. The predicted octanol–water partition coefficient (Wildman–Crippen LogP) is 0.0556. The van der Waals surface area contributed by atoms with Crippen molar-refractivity contribution in [2.75, 3.05) is 12.0 Å². The number of hydrogen-bond donors (Lipinski definition) is 4. The number of fused-ring (bicyclic) bond motifs is 1. The number of thioether (sulfide) groups is 1. The highest BCUT2D eigenvalue weighted by Gasteiger charge is 2.42. The fourth-order valence-electron chi connectivity index (χ4n) is 2.59. The molecule has 3 rings (SSSR count). The van der Waals surface area contributed by atoms with E-state index in [-0.39, 0.29) is 12.1 Å². The molecule has 0 aromatic carbocycles. The molecule has 102 valence electrons. The van der Waals surface area contributed by atoms with E-state index in [0.29, 0.717) is 0 Å². The summed E-state index contributed by atoms with van der Waals surface area (Å²) < 4.78 is 0. The Hall–Kier alpha value is -1.15. The van der Waals surface area contributed by atoms with Crippen LogP contribution in [0.3, 0.4) is 0 Å². The van der Waals surface area contributed by atoms with Gasteiger partial charge in [0, 0.05) is 23.6 Å². The lowest BCUT2D eigenvalue weighted by molar-refractivity contribution is 0.0308. The van der Waals surface area contributed by atoms with Gasteiger partial charge in [-0.3, -0.25) is 0 Å². The quantitative estimate of drug-likeness (QED) is 0.635. The Morgan fingerprint density at radius 3 is 3.00 bits per heavy atom. The number of hydrogen-bond acceptors (Lipinski definition) is 6. The Balaban J connectivity index is 1.94. The highest BCUT2D eigenvalue weighted by atomic mass is 32.2. The number of nitrogens with zero attached hydrogens (tertiary/aromatic N) is 2. The fourth-order valence-corrected chi connectivity index (χ4v) is 3.24. The number of rotatable bonds is 3. The first kappa shape index (κ1) is 12.9. The number of H-pyrrole nitrogens is 1. The highest BCUT2D eigenvalue weighted by molar-refractivity contribution is 7.98. The summed E-state index contributed by atoms with van der Waals surface area (Å²) in [6, 6.07) is -0.419. The molecule has 3 heterocycles. The van der Waals surface area contributed by atoms with E-state index >= 15 is 0 Å². The molecule has 0 aliphatic carbocycles. The molecule has 0 radical (unpaired) electrons. The maximum Gasteiger partial charge on any atom is 0.116 e. The lowest BCUT2D eigenvalue weighted by Crippen LogP contribution is -2.34. The van der Waals surface area contributed by atoms with Gasteiger partial charge in [-0.2, -0.15) is 11.8 Å². The summed E-state index contributed by atoms with van der Waals surface area (Å²) in [4.78, 5) is 11.3. The van der Waals surface area contributed by atoms with Gasteiger partial charge in [0.1, 0.15) is 12.4 Å². The average molecular weight is 280 g/mol. The van der Waals surface area contributed by atoms with Gasteiger partial charge < -0.3 is 20.5 Å². The molecule has 6 nitrogen and oxygen atoms in total. The van der Waals surface area contributed by atoms with E-state index in [1.165, 1.54) is 6.33 Å². The molecule has 1 saturated heterocycles. The second-order valence-electron chi connectivity index (χ2n) is 4.72. The Labute approximate surface area is 114 Å². The zero-order chi connectivity index (χ0) is 13.4. The third kappa shape index (κ3) is 2.12. The number of aliphatic hydroxyl groups excluding tert-OH is 2. The number of aliphatic hydroxyl groups is 2. The van der Waals surface area contributed by atoms with Crippen molar-refractivity contribution < 1.29 is 10.2 Å². The van der Waals surface area contributed by atoms with Crippen molar-refractivity contribution in [3.05, 3.63) is 24.3 Å². The van der Waals surface area contributed by atoms with Gasteiger partial charge in [0.05, 0.1) is 29.4 Å². The van der Waals surface area contributed by atoms with Gasteiger partial charge in [0.2, 0.25) is 0 Å². The maximum absolute atomic E-state index is 10.2. The van der Waals surface area contributed by atoms with Crippen molar-refractivity contribution in [2.24, 2.45) is 0 Å². The van der Waals surface area contributed by atoms with E-state index in [9.17, 15) is 10.2 Å². The molecular formula is C12H16N4O2S. The van der Waals surface area contributed by atoms with Crippen LogP contribution in [0.4, 0.5) is 0 Å². The molecule has 2 aromatic heterocycles. The molecule has 0 spiro atoms. The van der Waals surface area contributed by atoms with E-state index in [4.69, 9.17) is 0 Å². The minimum Gasteiger partial charge on any atom is -0.389 e. The van der Waals surface area contributed by atoms with E-state index in [1.807, 2.05) is 12.5 Å².